The van der Waals surface area contributed by atoms with Gasteiger partial charge in [0.15, 0.2) is 5.82 Å². The van der Waals surface area contributed by atoms with Crippen LogP contribution >= 0.6 is 24.0 Å². The van der Waals surface area contributed by atoms with Crippen molar-refractivity contribution in [2.75, 3.05) is 94.8 Å². The van der Waals surface area contributed by atoms with Gasteiger partial charge in [0.05, 0.1) is 25.8 Å². The molecule has 232 valence electrons. The molecule has 0 amide bonds. The van der Waals surface area contributed by atoms with Gasteiger partial charge in [-0.1, -0.05) is 36.5 Å². The number of nitrogens with zero attached hydrogens (tertiary/aromatic N) is 9. The Morgan fingerprint density at radius 3 is 2.26 bits per heavy atom. The van der Waals surface area contributed by atoms with Crippen molar-refractivity contribution in [1.82, 2.24) is 34.3 Å². The number of hydrogen-bond donors (Lipinski definition) is 0. The third-order valence-electron chi connectivity index (χ3n) is 8.09. The van der Waals surface area contributed by atoms with Crippen LogP contribution in [0.5, 0.6) is 5.75 Å². The van der Waals surface area contributed by atoms with Crippen LogP contribution in [0.3, 0.4) is 0 Å². The van der Waals surface area contributed by atoms with E-state index in [1.165, 1.54) is 44.0 Å². The molecule has 1 aromatic carbocycles. The molecule has 3 aliphatic heterocycles. The van der Waals surface area contributed by atoms with Gasteiger partial charge in [0.1, 0.15) is 15.6 Å². The maximum Gasteiger partial charge on any atom is 0.296 e. The molecule has 43 heavy (non-hydrogen) atoms. The standard InChI is InChI=1S/C28H37F2N9O2S2/c1-40-21-7-5-6-20-22(21)31-24(23(29)30)39(20)27-33-25(32-26(34-27)37-14-17-41-18-15-37)36-10-12-38(13-11-36)28(42)43-19-16-35-8-3-2-4-9-35/h5-7,23H,2-4,8-19H2,1H3. The van der Waals surface area contributed by atoms with Crippen molar-refractivity contribution in [2.45, 2.75) is 25.7 Å². The van der Waals surface area contributed by atoms with E-state index in [2.05, 4.69) is 19.7 Å². The Balaban J connectivity index is 1.24. The Labute approximate surface area is 259 Å². The molecule has 3 aromatic rings. The molecule has 0 N–H and O–H groups in total. The number of para-hydroxylation sites is 1. The minimum atomic E-state index is -2.85. The number of fused-ring (bicyclic) bond motifs is 1. The smallest absolute Gasteiger partial charge is 0.296 e. The Hall–Kier alpha value is -2.88. The summed E-state index contributed by atoms with van der Waals surface area (Å²) < 4.78 is 41.9. The number of ether oxygens (including phenoxy) is 2. The highest BCUT2D eigenvalue weighted by Gasteiger charge is 2.28. The molecular formula is C28H37F2N9O2S2. The summed E-state index contributed by atoms with van der Waals surface area (Å²) in [5.74, 6) is 1.93. The van der Waals surface area contributed by atoms with Gasteiger partial charge in [-0.2, -0.15) is 15.0 Å². The number of rotatable bonds is 8. The van der Waals surface area contributed by atoms with Crippen LogP contribution in [0, 0.1) is 0 Å². The highest BCUT2D eigenvalue weighted by Crippen LogP contribution is 2.32. The predicted molar refractivity (Wildman–Crippen MR) is 168 cm³/mol. The molecular weight excluding hydrogens is 596 g/mol. The second kappa shape index (κ2) is 13.8. The van der Waals surface area contributed by atoms with Crippen LogP contribution in [0.4, 0.5) is 20.7 Å². The number of thioether (sulfide) groups is 1. The molecule has 0 saturated carbocycles. The van der Waals surface area contributed by atoms with Crippen LogP contribution in [-0.4, -0.2) is 124 Å². The summed E-state index contributed by atoms with van der Waals surface area (Å²) in [4.78, 5) is 27.3. The molecule has 0 atom stereocenters. The lowest BCUT2D eigenvalue weighted by molar-refractivity contribution is 0.122. The molecule has 3 fully saturated rings. The molecule has 3 aliphatic rings. The number of thiocarbonyl (C=S) groups is 1. The molecule has 0 bridgehead atoms. The zero-order valence-corrected chi connectivity index (χ0v) is 26.0. The number of methoxy groups -OCH3 is 1. The SMILES string of the molecule is COc1cccc2c1nc(C(F)F)n2-c1nc(N2CCOCC2)nc(N2CCN(C(=S)SCCN3CCCCC3)CC2)n1. The number of alkyl halides is 2. The number of aromatic nitrogens is 5. The number of anilines is 2. The van der Waals surface area contributed by atoms with E-state index in [1.807, 2.05) is 4.90 Å². The van der Waals surface area contributed by atoms with E-state index in [4.69, 9.17) is 36.6 Å². The van der Waals surface area contributed by atoms with Crippen LogP contribution in [-0.2, 0) is 4.74 Å². The summed E-state index contributed by atoms with van der Waals surface area (Å²) >= 11 is 7.53. The molecule has 11 nitrogen and oxygen atoms in total. The maximum atomic E-state index is 14.4. The van der Waals surface area contributed by atoms with Gasteiger partial charge in [-0.15, -0.1) is 0 Å². The van der Waals surface area contributed by atoms with E-state index in [0.717, 1.165) is 29.7 Å². The van der Waals surface area contributed by atoms with Crippen molar-refractivity contribution >= 4 is 51.2 Å². The minimum Gasteiger partial charge on any atom is -0.494 e. The number of imidazole rings is 1. The van der Waals surface area contributed by atoms with Crippen molar-refractivity contribution in [3.63, 3.8) is 0 Å². The van der Waals surface area contributed by atoms with Crippen molar-refractivity contribution in [2.24, 2.45) is 0 Å². The summed E-state index contributed by atoms with van der Waals surface area (Å²) in [6.07, 6.45) is 1.07. The summed E-state index contributed by atoms with van der Waals surface area (Å²) in [6.45, 7) is 8.48. The lowest BCUT2D eigenvalue weighted by Crippen LogP contribution is -2.48. The van der Waals surface area contributed by atoms with Crippen molar-refractivity contribution < 1.29 is 18.3 Å². The normalized spacial score (nSPS) is 18.6. The number of piperidine rings is 1. The highest BCUT2D eigenvalue weighted by molar-refractivity contribution is 8.22. The third-order valence-corrected chi connectivity index (χ3v) is 9.59. The van der Waals surface area contributed by atoms with E-state index in [0.29, 0.717) is 68.1 Å². The second-order valence-electron chi connectivity index (χ2n) is 10.8. The fourth-order valence-electron chi connectivity index (χ4n) is 5.73. The lowest BCUT2D eigenvalue weighted by atomic mass is 10.1. The van der Waals surface area contributed by atoms with Crippen LogP contribution in [0.15, 0.2) is 18.2 Å². The van der Waals surface area contributed by atoms with Crippen molar-refractivity contribution in [3.05, 3.63) is 24.0 Å². The summed E-state index contributed by atoms with van der Waals surface area (Å²) in [5, 5.41) is 0. The van der Waals surface area contributed by atoms with Gasteiger partial charge in [-0.05, 0) is 38.1 Å². The van der Waals surface area contributed by atoms with Gasteiger partial charge in [-0.3, -0.25) is 4.57 Å². The third kappa shape index (κ3) is 6.79. The Kier molecular flexibility index (Phi) is 9.70. The van der Waals surface area contributed by atoms with Crippen LogP contribution in [0.1, 0.15) is 31.5 Å². The minimum absolute atomic E-state index is 0.101. The number of hydrogen-bond acceptors (Lipinski definition) is 11. The molecule has 0 aliphatic carbocycles. The summed E-state index contributed by atoms with van der Waals surface area (Å²) in [5.41, 5.74) is 0.770. The fraction of sp³-hybridized carbons (Fsp3) is 0.607. The van der Waals surface area contributed by atoms with Gasteiger partial charge >= 0.3 is 0 Å². The van der Waals surface area contributed by atoms with E-state index >= 15 is 0 Å². The molecule has 5 heterocycles. The lowest BCUT2D eigenvalue weighted by Gasteiger charge is -2.36. The van der Waals surface area contributed by atoms with Gasteiger partial charge in [0.25, 0.3) is 6.43 Å². The quantitative estimate of drug-likeness (QED) is 0.340. The zero-order valence-electron chi connectivity index (χ0n) is 24.3. The van der Waals surface area contributed by atoms with Crippen molar-refractivity contribution in [1.29, 1.82) is 0 Å². The number of morpholine rings is 1. The molecule has 0 radical (unpaired) electrons. The zero-order chi connectivity index (χ0) is 29.8. The van der Waals surface area contributed by atoms with E-state index < -0.39 is 12.2 Å². The largest absolute Gasteiger partial charge is 0.494 e. The number of benzene rings is 1. The van der Waals surface area contributed by atoms with E-state index in [1.54, 1.807) is 30.0 Å². The van der Waals surface area contributed by atoms with Crippen LogP contribution in [0.25, 0.3) is 17.0 Å². The average molecular weight is 634 g/mol. The first-order valence-corrected chi connectivity index (χ1v) is 16.2. The molecule has 0 unspecified atom stereocenters. The topological polar surface area (TPSA) is 87.9 Å². The van der Waals surface area contributed by atoms with Crippen LogP contribution in [0.2, 0.25) is 0 Å². The first kappa shape index (κ1) is 30.2. The molecule has 15 heteroatoms. The molecule has 3 saturated heterocycles. The first-order chi connectivity index (χ1) is 21.0. The molecule has 2 aromatic heterocycles. The molecule has 6 rings (SSSR count). The second-order valence-corrected chi connectivity index (χ2v) is 12.5. The monoisotopic (exact) mass is 633 g/mol. The van der Waals surface area contributed by atoms with Crippen molar-refractivity contribution in [3.8, 4) is 11.7 Å². The predicted octanol–water partition coefficient (Wildman–Crippen LogP) is 3.62. The Morgan fingerprint density at radius 2 is 1.58 bits per heavy atom. The van der Waals surface area contributed by atoms with Crippen LogP contribution < -0.4 is 14.5 Å². The number of piperazine rings is 1. The number of halogens is 2. The van der Waals surface area contributed by atoms with Gasteiger partial charge in [0, 0.05) is 51.6 Å². The average Bonchev–Trinajstić information content (AvgIpc) is 3.46. The fourth-order valence-corrected chi connectivity index (χ4v) is 7.05. The van der Waals surface area contributed by atoms with E-state index in [9.17, 15) is 8.78 Å². The van der Waals surface area contributed by atoms with Gasteiger partial charge in [-0.25, -0.2) is 13.8 Å². The van der Waals surface area contributed by atoms with Gasteiger partial charge < -0.3 is 29.1 Å². The molecule has 0 spiro atoms. The van der Waals surface area contributed by atoms with E-state index in [-0.39, 0.29) is 5.95 Å². The van der Waals surface area contributed by atoms with Gasteiger partial charge in [0.2, 0.25) is 17.8 Å². The summed E-state index contributed by atoms with van der Waals surface area (Å²) in [7, 11) is 1.49. The number of likely N-dealkylation sites (tertiary alicyclic amines) is 1. The maximum absolute atomic E-state index is 14.4. The Morgan fingerprint density at radius 1 is 0.907 bits per heavy atom. The Bertz CT molecular complexity index is 1410. The first-order valence-electron chi connectivity index (χ1n) is 14.8. The summed E-state index contributed by atoms with van der Waals surface area (Å²) in [6, 6.07) is 5.16. The highest BCUT2D eigenvalue weighted by atomic mass is 32.2.